The number of anilines is 1. The van der Waals surface area contributed by atoms with E-state index in [-0.39, 0.29) is 10.8 Å². The molecule has 1 saturated heterocycles. The second-order valence-corrected chi connectivity index (χ2v) is 9.44. The molecule has 3 rings (SSSR count). The van der Waals surface area contributed by atoms with E-state index in [9.17, 15) is 13.2 Å². The third-order valence-corrected chi connectivity index (χ3v) is 6.33. The van der Waals surface area contributed by atoms with E-state index in [1.807, 2.05) is 29.2 Å². The van der Waals surface area contributed by atoms with Crippen molar-refractivity contribution in [2.24, 2.45) is 0 Å². The Morgan fingerprint density at radius 2 is 1.69 bits per heavy atom. The average Bonchev–Trinajstić information content (AvgIpc) is 2.71. The van der Waals surface area contributed by atoms with Crippen molar-refractivity contribution >= 4 is 33.0 Å². The number of para-hydroxylation sites is 1. The molecular formula is C21H25ClN2O4S. The van der Waals surface area contributed by atoms with Crippen molar-refractivity contribution in [3.8, 4) is 5.75 Å². The molecule has 8 heteroatoms. The lowest BCUT2D eigenvalue weighted by Crippen LogP contribution is -2.48. The summed E-state index contributed by atoms with van der Waals surface area (Å²) in [7, 11) is -3.21. The molecule has 0 atom stereocenters. The molecule has 6 nitrogen and oxygen atoms in total. The first kappa shape index (κ1) is 21.5. The van der Waals surface area contributed by atoms with Gasteiger partial charge in [0, 0.05) is 38.9 Å². The van der Waals surface area contributed by atoms with Crippen LogP contribution in [0.5, 0.6) is 5.75 Å². The van der Waals surface area contributed by atoms with Crippen LogP contribution in [0.15, 0.2) is 53.4 Å². The molecule has 1 fully saturated rings. The Morgan fingerprint density at radius 3 is 2.31 bits per heavy atom. The van der Waals surface area contributed by atoms with Crippen molar-refractivity contribution in [2.75, 3.05) is 43.9 Å². The molecule has 0 aliphatic carbocycles. The van der Waals surface area contributed by atoms with Crippen LogP contribution in [0.1, 0.15) is 12.8 Å². The molecule has 0 spiro atoms. The van der Waals surface area contributed by atoms with Gasteiger partial charge in [-0.25, -0.2) is 8.42 Å². The summed E-state index contributed by atoms with van der Waals surface area (Å²) in [5, 5.41) is 0.731. The average molecular weight is 437 g/mol. The number of ether oxygens (including phenoxy) is 1. The quantitative estimate of drug-likeness (QED) is 0.623. The van der Waals surface area contributed by atoms with Crippen LogP contribution in [0.2, 0.25) is 5.02 Å². The normalized spacial score (nSPS) is 14.7. The van der Waals surface area contributed by atoms with Crippen LogP contribution in [-0.4, -0.2) is 58.3 Å². The van der Waals surface area contributed by atoms with Gasteiger partial charge < -0.3 is 14.5 Å². The Balaban J connectivity index is 1.39. The van der Waals surface area contributed by atoms with Crippen LogP contribution in [0.3, 0.4) is 0 Å². The molecule has 0 radical (unpaired) electrons. The Bertz CT molecular complexity index is 939. The van der Waals surface area contributed by atoms with Gasteiger partial charge in [-0.3, -0.25) is 4.79 Å². The smallest absolute Gasteiger partial charge is 0.222 e. The Hall–Kier alpha value is -2.25. The number of halogens is 1. The number of carbonyl (C=O) groups excluding carboxylic acids is 1. The molecule has 1 heterocycles. The summed E-state index contributed by atoms with van der Waals surface area (Å²) in [6, 6.07) is 14.1. The van der Waals surface area contributed by atoms with E-state index >= 15 is 0 Å². The molecule has 0 unspecified atom stereocenters. The van der Waals surface area contributed by atoms with E-state index < -0.39 is 9.84 Å². The number of nitrogens with zero attached hydrogens (tertiary/aromatic N) is 2. The molecule has 0 aromatic heterocycles. The van der Waals surface area contributed by atoms with Crippen LogP contribution in [0.25, 0.3) is 0 Å². The van der Waals surface area contributed by atoms with Crippen molar-refractivity contribution in [3.05, 3.63) is 53.6 Å². The molecule has 1 aliphatic heterocycles. The summed E-state index contributed by atoms with van der Waals surface area (Å²) in [5.41, 5.74) is 1.01. The predicted molar refractivity (Wildman–Crippen MR) is 115 cm³/mol. The van der Waals surface area contributed by atoms with Crippen molar-refractivity contribution < 1.29 is 17.9 Å². The van der Waals surface area contributed by atoms with Gasteiger partial charge in [-0.05, 0) is 42.8 Å². The third-order valence-electron chi connectivity index (χ3n) is 4.88. The van der Waals surface area contributed by atoms with Gasteiger partial charge in [0.05, 0.1) is 22.2 Å². The SMILES string of the molecule is CS(=O)(=O)c1ccc(OCCCC(=O)N2CCN(c3ccccc3Cl)CC2)cc1. The number of carbonyl (C=O) groups is 1. The summed E-state index contributed by atoms with van der Waals surface area (Å²) in [4.78, 5) is 16.8. The lowest BCUT2D eigenvalue weighted by molar-refractivity contribution is -0.131. The minimum atomic E-state index is -3.21. The fourth-order valence-electron chi connectivity index (χ4n) is 3.26. The van der Waals surface area contributed by atoms with Crippen LogP contribution in [-0.2, 0) is 14.6 Å². The third kappa shape index (κ3) is 5.87. The first-order chi connectivity index (χ1) is 13.8. The van der Waals surface area contributed by atoms with Crippen LogP contribution in [0, 0.1) is 0 Å². The zero-order valence-electron chi connectivity index (χ0n) is 16.4. The monoisotopic (exact) mass is 436 g/mol. The number of hydrogen-bond acceptors (Lipinski definition) is 5. The fraction of sp³-hybridized carbons (Fsp3) is 0.381. The van der Waals surface area contributed by atoms with Crippen LogP contribution >= 0.6 is 11.6 Å². The number of amides is 1. The Morgan fingerprint density at radius 1 is 1.03 bits per heavy atom. The zero-order valence-corrected chi connectivity index (χ0v) is 18.0. The van der Waals surface area contributed by atoms with Gasteiger partial charge in [-0.1, -0.05) is 23.7 Å². The maximum absolute atomic E-state index is 12.4. The van der Waals surface area contributed by atoms with Gasteiger partial charge in [0.2, 0.25) is 5.91 Å². The minimum absolute atomic E-state index is 0.125. The highest BCUT2D eigenvalue weighted by Gasteiger charge is 2.22. The van der Waals surface area contributed by atoms with Gasteiger partial charge in [-0.2, -0.15) is 0 Å². The van der Waals surface area contributed by atoms with Gasteiger partial charge in [0.15, 0.2) is 9.84 Å². The minimum Gasteiger partial charge on any atom is -0.494 e. The fourth-order valence-corrected chi connectivity index (χ4v) is 4.15. The summed E-state index contributed by atoms with van der Waals surface area (Å²) in [6.07, 6.45) is 2.20. The van der Waals surface area contributed by atoms with E-state index in [1.165, 1.54) is 18.4 Å². The Kier molecular flexibility index (Phi) is 7.03. The summed E-state index contributed by atoms with van der Waals surface area (Å²) < 4.78 is 28.5. The van der Waals surface area contributed by atoms with Crippen molar-refractivity contribution in [3.63, 3.8) is 0 Å². The first-order valence-electron chi connectivity index (χ1n) is 9.55. The van der Waals surface area contributed by atoms with Gasteiger partial charge in [-0.15, -0.1) is 0 Å². The second kappa shape index (κ2) is 9.50. The van der Waals surface area contributed by atoms with E-state index in [0.717, 1.165) is 23.8 Å². The predicted octanol–water partition coefficient (Wildman–Crippen LogP) is 3.25. The molecular weight excluding hydrogens is 412 g/mol. The largest absolute Gasteiger partial charge is 0.494 e. The highest BCUT2D eigenvalue weighted by atomic mass is 35.5. The standard InChI is InChI=1S/C21H25ClN2O4S/c1-29(26,27)18-10-8-17(9-11-18)28-16-4-7-21(25)24-14-12-23(13-15-24)20-6-3-2-5-19(20)22/h2-3,5-6,8-11H,4,7,12-16H2,1H3. The number of hydrogen-bond donors (Lipinski definition) is 0. The van der Waals surface area contributed by atoms with Crippen LogP contribution in [0.4, 0.5) is 5.69 Å². The molecule has 0 N–H and O–H groups in total. The molecule has 0 bridgehead atoms. The van der Waals surface area contributed by atoms with Crippen molar-refractivity contribution in [1.82, 2.24) is 4.90 Å². The highest BCUT2D eigenvalue weighted by Crippen LogP contribution is 2.26. The van der Waals surface area contributed by atoms with E-state index in [1.54, 1.807) is 12.1 Å². The van der Waals surface area contributed by atoms with Gasteiger partial charge in [0.1, 0.15) is 5.75 Å². The van der Waals surface area contributed by atoms with Crippen molar-refractivity contribution in [2.45, 2.75) is 17.7 Å². The van der Waals surface area contributed by atoms with Crippen molar-refractivity contribution in [1.29, 1.82) is 0 Å². The maximum Gasteiger partial charge on any atom is 0.222 e. The maximum atomic E-state index is 12.4. The summed E-state index contributed by atoms with van der Waals surface area (Å²) in [6.45, 7) is 3.29. The van der Waals surface area contributed by atoms with E-state index in [0.29, 0.717) is 38.3 Å². The van der Waals surface area contributed by atoms with Crippen LogP contribution < -0.4 is 9.64 Å². The molecule has 1 amide bonds. The van der Waals surface area contributed by atoms with Gasteiger partial charge >= 0.3 is 0 Å². The second-order valence-electron chi connectivity index (χ2n) is 7.01. The highest BCUT2D eigenvalue weighted by molar-refractivity contribution is 7.90. The Labute approximate surface area is 176 Å². The zero-order chi connectivity index (χ0) is 20.9. The molecule has 29 heavy (non-hydrogen) atoms. The van der Waals surface area contributed by atoms with E-state index in [2.05, 4.69) is 4.90 Å². The summed E-state index contributed by atoms with van der Waals surface area (Å²) >= 11 is 6.26. The molecule has 1 aliphatic rings. The molecule has 2 aromatic carbocycles. The number of piperazine rings is 1. The number of sulfone groups is 1. The molecule has 156 valence electrons. The topological polar surface area (TPSA) is 66.9 Å². The first-order valence-corrected chi connectivity index (χ1v) is 11.8. The lowest BCUT2D eigenvalue weighted by atomic mass is 10.2. The van der Waals surface area contributed by atoms with E-state index in [4.69, 9.17) is 16.3 Å². The molecule has 2 aromatic rings. The van der Waals surface area contributed by atoms with Gasteiger partial charge in [0.25, 0.3) is 0 Å². The number of rotatable bonds is 7. The molecule has 0 saturated carbocycles. The lowest BCUT2D eigenvalue weighted by Gasteiger charge is -2.36. The summed E-state index contributed by atoms with van der Waals surface area (Å²) in [5.74, 6) is 0.720. The number of benzene rings is 2.